The number of rotatable bonds is 1. The molecule has 0 atom stereocenters. The number of hydrogen-bond acceptors (Lipinski definition) is 1. The van der Waals surface area contributed by atoms with Gasteiger partial charge in [0.2, 0.25) is 0 Å². The Bertz CT molecular complexity index is 515. The van der Waals surface area contributed by atoms with Crippen LogP contribution in [0.15, 0.2) is 12.1 Å². The van der Waals surface area contributed by atoms with Crippen molar-refractivity contribution in [1.29, 1.82) is 0 Å². The lowest BCUT2D eigenvalue weighted by Crippen LogP contribution is -2.10. The summed E-state index contributed by atoms with van der Waals surface area (Å²) in [7, 11) is 0. The van der Waals surface area contributed by atoms with Crippen LogP contribution in [0.3, 0.4) is 0 Å². The quantitative estimate of drug-likeness (QED) is 0.772. The van der Waals surface area contributed by atoms with E-state index in [4.69, 9.17) is 0 Å². The van der Waals surface area contributed by atoms with Crippen LogP contribution in [0.1, 0.15) is 37.7 Å². The number of benzene rings is 1. The second-order valence-electron chi connectivity index (χ2n) is 5.90. The van der Waals surface area contributed by atoms with Crippen LogP contribution >= 0.6 is 0 Å². The maximum absolute atomic E-state index is 4.68. The smallest absolute Gasteiger partial charge is 0.107 e. The van der Waals surface area contributed by atoms with Gasteiger partial charge in [0.1, 0.15) is 5.82 Å². The molecule has 0 unspecified atom stereocenters. The molecule has 86 valence electrons. The van der Waals surface area contributed by atoms with Gasteiger partial charge in [0.15, 0.2) is 0 Å². The van der Waals surface area contributed by atoms with Crippen LogP contribution in [0.25, 0.3) is 11.0 Å². The SMILES string of the molecule is Cc1cc(C)c2nc(CC(C)(C)C)[nH]c2c1. The van der Waals surface area contributed by atoms with Gasteiger partial charge in [0.25, 0.3) is 0 Å². The van der Waals surface area contributed by atoms with E-state index in [-0.39, 0.29) is 5.41 Å². The lowest BCUT2D eigenvalue weighted by molar-refractivity contribution is 0.402. The van der Waals surface area contributed by atoms with E-state index in [1.54, 1.807) is 0 Å². The Hall–Kier alpha value is -1.31. The molecule has 0 aliphatic heterocycles. The van der Waals surface area contributed by atoms with Crippen molar-refractivity contribution in [2.24, 2.45) is 5.41 Å². The Morgan fingerprint density at radius 2 is 1.88 bits per heavy atom. The zero-order valence-corrected chi connectivity index (χ0v) is 10.8. The fourth-order valence-corrected chi connectivity index (χ4v) is 2.11. The van der Waals surface area contributed by atoms with Crippen molar-refractivity contribution in [2.45, 2.75) is 41.0 Å². The predicted molar refractivity (Wildman–Crippen MR) is 68.7 cm³/mol. The maximum Gasteiger partial charge on any atom is 0.107 e. The summed E-state index contributed by atoms with van der Waals surface area (Å²) in [5.74, 6) is 1.09. The number of nitrogens with zero attached hydrogens (tertiary/aromatic N) is 1. The van der Waals surface area contributed by atoms with Gasteiger partial charge >= 0.3 is 0 Å². The summed E-state index contributed by atoms with van der Waals surface area (Å²) in [6, 6.07) is 4.35. The largest absolute Gasteiger partial charge is 0.342 e. The minimum Gasteiger partial charge on any atom is -0.342 e. The van der Waals surface area contributed by atoms with E-state index < -0.39 is 0 Å². The van der Waals surface area contributed by atoms with Gasteiger partial charge in [-0.25, -0.2) is 4.98 Å². The van der Waals surface area contributed by atoms with Gasteiger partial charge in [0.05, 0.1) is 11.0 Å². The monoisotopic (exact) mass is 216 g/mol. The average Bonchev–Trinajstić information content (AvgIpc) is 2.43. The van der Waals surface area contributed by atoms with Crippen molar-refractivity contribution in [3.8, 4) is 0 Å². The van der Waals surface area contributed by atoms with Gasteiger partial charge in [-0.15, -0.1) is 0 Å². The number of aryl methyl sites for hydroxylation is 2. The molecular weight excluding hydrogens is 196 g/mol. The number of H-pyrrole nitrogens is 1. The molecule has 0 amide bonds. The molecule has 1 N–H and O–H groups in total. The van der Waals surface area contributed by atoms with Crippen LogP contribution in [0, 0.1) is 19.3 Å². The van der Waals surface area contributed by atoms with E-state index >= 15 is 0 Å². The fourth-order valence-electron chi connectivity index (χ4n) is 2.11. The van der Waals surface area contributed by atoms with Crippen molar-refractivity contribution in [1.82, 2.24) is 9.97 Å². The molecule has 0 fully saturated rings. The molecule has 1 aromatic carbocycles. The van der Waals surface area contributed by atoms with Gasteiger partial charge in [-0.3, -0.25) is 0 Å². The van der Waals surface area contributed by atoms with Crippen molar-refractivity contribution >= 4 is 11.0 Å². The zero-order chi connectivity index (χ0) is 11.9. The fraction of sp³-hybridized carbons (Fsp3) is 0.500. The molecule has 2 heteroatoms. The molecule has 0 aliphatic rings. The number of imidazole rings is 1. The first-order chi connectivity index (χ1) is 7.35. The molecular formula is C14H20N2. The Balaban J connectivity index is 2.48. The van der Waals surface area contributed by atoms with Crippen LogP contribution in [0.5, 0.6) is 0 Å². The Labute approximate surface area is 97.1 Å². The molecule has 2 rings (SSSR count). The number of aromatic amines is 1. The van der Waals surface area contributed by atoms with Crippen LogP contribution in [-0.4, -0.2) is 9.97 Å². The Morgan fingerprint density at radius 3 is 2.50 bits per heavy atom. The third kappa shape index (κ3) is 2.26. The van der Waals surface area contributed by atoms with E-state index in [0.29, 0.717) is 0 Å². The summed E-state index contributed by atoms with van der Waals surface area (Å²) in [5.41, 5.74) is 5.10. The van der Waals surface area contributed by atoms with Gasteiger partial charge in [-0.1, -0.05) is 26.8 Å². The minimum atomic E-state index is 0.275. The van der Waals surface area contributed by atoms with E-state index in [9.17, 15) is 0 Å². The van der Waals surface area contributed by atoms with Crippen molar-refractivity contribution in [2.75, 3.05) is 0 Å². The Kier molecular flexibility index (Phi) is 2.53. The highest BCUT2D eigenvalue weighted by atomic mass is 14.9. The number of fused-ring (bicyclic) bond motifs is 1. The third-order valence-corrected chi connectivity index (χ3v) is 2.67. The molecule has 0 aliphatic carbocycles. The predicted octanol–water partition coefficient (Wildman–Crippen LogP) is 3.77. The first kappa shape index (κ1) is 11.2. The highest BCUT2D eigenvalue weighted by Gasteiger charge is 2.14. The van der Waals surface area contributed by atoms with E-state index in [0.717, 1.165) is 23.3 Å². The van der Waals surface area contributed by atoms with Crippen LogP contribution in [-0.2, 0) is 6.42 Å². The summed E-state index contributed by atoms with van der Waals surface area (Å²) >= 11 is 0. The van der Waals surface area contributed by atoms with Gasteiger partial charge in [0, 0.05) is 6.42 Å². The summed E-state index contributed by atoms with van der Waals surface area (Å²) in [4.78, 5) is 8.11. The van der Waals surface area contributed by atoms with E-state index in [1.165, 1.54) is 11.1 Å². The van der Waals surface area contributed by atoms with E-state index in [1.807, 2.05) is 0 Å². The number of nitrogens with one attached hydrogen (secondary N) is 1. The number of aromatic nitrogens is 2. The maximum atomic E-state index is 4.68. The van der Waals surface area contributed by atoms with Crippen LogP contribution in [0.2, 0.25) is 0 Å². The molecule has 0 spiro atoms. The lowest BCUT2D eigenvalue weighted by Gasteiger charge is -2.15. The molecule has 0 bridgehead atoms. The Morgan fingerprint density at radius 1 is 1.19 bits per heavy atom. The zero-order valence-electron chi connectivity index (χ0n) is 10.8. The molecule has 1 heterocycles. The molecule has 2 nitrogen and oxygen atoms in total. The average molecular weight is 216 g/mol. The van der Waals surface area contributed by atoms with Crippen molar-refractivity contribution in [3.05, 3.63) is 29.1 Å². The van der Waals surface area contributed by atoms with Crippen molar-refractivity contribution in [3.63, 3.8) is 0 Å². The molecule has 16 heavy (non-hydrogen) atoms. The van der Waals surface area contributed by atoms with Crippen LogP contribution < -0.4 is 0 Å². The van der Waals surface area contributed by atoms with Crippen LogP contribution in [0.4, 0.5) is 0 Å². The molecule has 2 aromatic rings. The summed E-state index contributed by atoms with van der Waals surface area (Å²) < 4.78 is 0. The highest BCUT2D eigenvalue weighted by molar-refractivity contribution is 5.79. The molecule has 0 saturated carbocycles. The molecule has 0 radical (unpaired) electrons. The summed E-state index contributed by atoms with van der Waals surface area (Å²) in [6.45, 7) is 10.9. The molecule has 0 saturated heterocycles. The lowest BCUT2D eigenvalue weighted by atomic mass is 9.92. The van der Waals surface area contributed by atoms with Gasteiger partial charge < -0.3 is 4.98 Å². The summed E-state index contributed by atoms with van der Waals surface area (Å²) in [6.07, 6.45) is 0.986. The van der Waals surface area contributed by atoms with Crippen molar-refractivity contribution < 1.29 is 0 Å². The first-order valence-corrected chi connectivity index (χ1v) is 5.81. The van der Waals surface area contributed by atoms with E-state index in [2.05, 4.69) is 56.7 Å². The standard InChI is InChI=1S/C14H20N2/c1-9-6-10(2)13-11(7-9)15-12(16-13)8-14(3,4)5/h6-7H,8H2,1-5H3,(H,15,16). The highest BCUT2D eigenvalue weighted by Crippen LogP contribution is 2.23. The molecule has 1 aromatic heterocycles. The minimum absolute atomic E-state index is 0.275. The third-order valence-electron chi connectivity index (χ3n) is 2.67. The summed E-state index contributed by atoms with van der Waals surface area (Å²) in [5, 5.41) is 0. The first-order valence-electron chi connectivity index (χ1n) is 5.81. The number of hydrogen-bond donors (Lipinski definition) is 1. The normalized spacial score (nSPS) is 12.3. The topological polar surface area (TPSA) is 28.7 Å². The second kappa shape index (κ2) is 3.62. The van der Waals surface area contributed by atoms with Gasteiger partial charge in [-0.2, -0.15) is 0 Å². The van der Waals surface area contributed by atoms with Gasteiger partial charge in [-0.05, 0) is 36.5 Å². The second-order valence-corrected chi connectivity index (χ2v) is 5.90.